The van der Waals surface area contributed by atoms with Crippen molar-refractivity contribution in [3.8, 4) is 0 Å². The molecule has 4 nitrogen and oxygen atoms in total. The minimum atomic E-state index is -0.452. The van der Waals surface area contributed by atoms with Crippen molar-refractivity contribution in [2.75, 3.05) is 13.1 Å². The van der Waals surface area contributed by atoms with Gasteiger partial charge in [0.15, 0.2) is 0 Å². The fourth-order valence-electron chi connectivity index (χ4n) is 3.09. The van der Waals surface area contributed by atoms with E-state index in [1.807, 2.05) is 20.8 Å². The average molecular weight is 376 g/mol. The molecule has 2 atom stereocenters. The number of ether oxygens (including phenoxy) is 2. The van der Waals surface area contributed by atoms with E-state index in [-0.39, 0.29) is 17.0 Å². The average Bonchev–Trinajstić information content (AvgIpc) is 2.72. The Balaban J connectivity index is 1.83. The maximum atomic E-state index is 12.2. The minimum Gasteiger partial charge on any atom is -0.444 e. The molecule has 2 aliphatic rings. The second-order valence-electron chi connectivity index (χ2n) is 8.44. The molecule has 1 amide bonds. The smallest absolute Gasteiger partial charge is 0.410 e. The first kappa shape index (κ1) is 18.1. The predicted octanol–water partition coefficient (Wildman–Crippen LogP) is 4.35. The van der Waals surface area contributed by atoms with Gasteiger partial charge in [0.2, 0.25) is 0 Å². The van der Waals surface area contributed by atoms with Gasteiger partial charge in [-0.1, -0.05) is 29.8 Å². The van der Waals surface area contributed by atoms with Crippen LogP contribution in [0, 0.1) is 5.41 Å². The van der Waals surface area contributed by atoms with Gasteiger partial charge in [0, 0.05) is 6.54 Å². The van der Waals surface area contributed by atoms with Crippen molar-refractivity contribution in [1.82, 2.24) is 4.90 Å². The summed E-state index contributed by atoms with van der Waals surface area (Å²) in [7, 11) is 0. The first-order valence-corrected chi connectivity index (χ1v) is 9.25. The third kappa shape index (κ3) is 5.12. The lowest BCUT2D eigenvalue weighted by molar-refractivity contribution is -0.0393. The van der Waals surface area contributed by atoms with Gasteiger partial charge >= 0.3 is 6.09 Å². The van der Waals surface area contributed by atoms with Crippen molar-refractivity contribution in [1.29, 1.82) is 0 Å². The summed E-state index contributed by atoms with van der Waals surface area (Å²) < 4.78 is 11.7. The van der Waals surface area contributed by atoms with Crippen LogP contribution in [-0.4, -0.2) is 46.7 Å². The summed E-state index contributed by atoms with van der Waals surface area (Å²) in [6.45, 7) is 11.6. The molecule has 1 heterocycles. The SMILES string of the molecule is CC1(C)CCC(OC2CN(C(=O)OC(C)(C)C)CC2Br)CC1. The molecule has 5 heteroatoms. The fourth-order valence-corrected chi connectivity index (χ4v) is 3.74. The zero-order chi connectivity index (χ0) is 16.5. The Morgan fingerprint density at radius 2 is 1.77 bits per heavy atom. The number of hydrogen-bond donors (Lipinski definition) is 0. The van der Waals surface area contributed by atoms with Gasteiger partial charge in [0.1, 0.15) is 5.60 Å². The third-order valence-electron chi connectivity index (χ3n) is 4.50. The van der Waals surface area contributed by atoms with E-state index in [9.17, 15) is 4.79 Å². The van der Waals surface area contributed by atoms with Crippen LogP contribution < -0.4 is 0 Å². The Bertz CT molecular complexity index is 395. The summed E-state index contributed by atoms with van der Waals surface area (Å²) in [5.74, 6) is 0. The Labute approximate surface area is 143 Å². The van der Waals surface area contributed by atoms with E-state index in [1.54, 1.807) is 4.90 Å². The Morgan fingerprint density at radius 1 is 1.18 bits per heavy atom. The summed E-state index contributed by atoms with van der Waals surface area (Å²) in [5, 5.41) is 0. The molecule has 1 aliphatic carbocycles. The number of hydrogen-bond acceptors (Lipinski definition) is 3. The molecule has 0 aromatic carbocycles. The van der Waals surface area contributed by atoms with Gasteiger partial charge in [0.05, 0.1) is 23.6 Å². The lowest BCUT2D eigenvalue weighted by atomic mass is 9.76. The zero-order valence-corrected chi connectivity index (χ0v) is 16.1. The number of nitrogens with zero attached hydrogens (tertiary/aromatic N) is 1. The van der Waals surface area contributed by atoms with Crippen LogP contribution in [-0.2, 0) is 9.47 Å². The van der Waals surface area contributed by atoms with Gasteiger partial charge in [-0.2, -0.15) is 0 Å². The molecule has 2 fully saturated rings. The lowest BCUT2D eigenvalue weighted by Crippen LogP contribution is -2.37. The van der Waals surface area contributed by atoms with Crippen LogP contribution >= 0.6 is 15.9 Å². The van der Waals surface area contributed by atoms with Crippen molar-refractivity contribution >= 4 is 22.0 Å². The standard InChI is InChI=1S/C17H30BrNO3/c1-16(2,3)22-15(20)19-10-13(18)14(11-19)21-12-6-8-17(4,5)9-7-12/h12-14H,6-11H2,1-5H3. The number of carbonyl (C=O) groups excluding carboxylic acids is 1. The molecule has 0 aromatic rings. The van der Waals surface area contributed by atoms with Crippen molar-refractivity contribution in [3.63, 3.8) is 0 Å². The quantitative estimate of drug-likeness (QED) is 0.673. The molecule has 1 saturated heterocycles. The van der Waals surface area contributed by atoms with Crippen LogP contribution in [0.15, 0.2) is 0 Å². The van der Waals surface area contributed by atoms with Crippen LogP contribution in [0.3, 0.4) is 0 Å². The molecule has 2 unspecified atom stereocenters. The van der Waals surface area contributed by atoms with Crippen LogP contribution in [0.4, 0.5) is 4.79 Å². The summed E-state index contributed by atoms with van der Waals surface area (Å²) in [6, 6.07) is 0. The number of carbonyl (C=O) groups is 1. The largest absolute Gasteiger partial charge is 0.444 e. The predicted molar refractivity (Wildman–Crippen MR) is 91.4 cm³/mol. The van der Waals surface area contributed by atoms with E-state index in [0.29, 0.717) is 24.6 Å². The van der Waals surface area contributed by atoms with Gasteiger partial charge in [-0.15, -0.1) is 0 Å². The van der Waals surface area contributed by atoms with Gasteiger partial charge in [-0.25, -0.2) is 4.79 Å². The van der Waals surface area contributed by atoms with Crippen molar-refractivity contribution in [2.24, 2.45) is 5.41 Å². The molecule has 128 valence electrons. The molecule has 2 rings (SSSR count). The maximum Gasteiger partial charge on any atom is 0.410 e. The number of halogens is 1. The van der Waals surface area contributed by atoms with Gasteiger partial charge < -0.3 is 14.4 Å². The number of amides is 1. The molecule has 0 aromatic heterocycles. The normalized spacial score (nSPS) is 29.6. The summed E-state index contributed by atoms with van der Waals surface area (Å²) in [5.41, 5.74) is -0.00131. The third-order valence-corrected chi connectivity index (χ3v) is 5.38. The van der Waals surface area contributed by atoms with Crippen molar-refractivity contribution in [2.45, 2.75) is 82.9 Å². The summed E-state index contributed by atoms with van der Waals surface area (Å²) >= 11 is 3.67. The minimum absolute atomic E-state index is 0.0683. The molecule has 1 aliphatic heterocycles. The Morgan fingerprint density at radius 3 is 2.32 bits per heavy atom. The molecule has 0 spiro atoms. The highest BCUT2D eigenvalue weighted by atomic mass is 79.9. The molecule has 0 bridgehead atoms. The van der Waals surface area contributed by atoms with Crippen molar-refractivity contribution < 1.29 is 14.3 Å². The van der Waals surface area contributed by atoms with Crippen molar-refractivity contribution in [3.05, 3.63) is 0 Å². The molecule has 0 N–H and O–H groups in total. The molecule has 0 radical (unpaired) electrons. The number of alkyl halides is 1. The number of likely N-dealkylation sites (tertiary alicyclic amines) is 1. The number of rotatable bonds is 2. The fraction of sp³-hybridized carbons (Fsp3) is 0.941. The van der Waals surface area contributed by atoms with E-state index >= 15 is 0 Å². The summed E-state index contributed by atoms with van der Waals surface area (Å²) in [6.07, 6.45) is 4.83. The van der Waals surface area contributed by atoms with Gasteiger partial charge in [-0.05, 0) is 51.9 Å². The van der Waals surface area contributed by atoms with Crippen LogP contribution in [0.25, 0.3) is 0 Å². The summed E-state index contributed by atoms with van der Waals surface area (Å²) in [4.78, 5) is 14.1. The van der Waals surface area contributed by atoms with Crippen LogP contribution in [0.5, 0.6) is 0 Å². The maximum absolute atomic E-state index is 12.2. The first-order valence-electron chi connectivity index (χ1n) is 8.33. The van der Waals surface area contributed by atoms with Gasteiger partial charge in [0.25, 0.3) is 0 Å². The van der Waals surface area contributed by atoms with Gasteiger partial charge in [-0.3, -0.25) is 0 Å². The van der Waals surface area contributed by atoms with E-state index in [4.69, 9.17) is 9.47 Å². The van der Waals surface area contributed by atoms with E-state index in [2.05, 4.69) is 29.8 Å². The molecule has 22 heavy (non-hydrogen) atoms. The first-order chi connectivity index (χ1) is 10.1. The zero-order valence-electron chi connectivity index (χ0n) is 14.5. The Kier molecular flexibility index (Phi) is 5.48. The highest BCUT2D eigenvalue weighted by molar-refractivity contribution is 9.09. The second-order valence-corrected chi connectivity index (χ2v) is 9.62. The lowest BCUT2D eigenvalue weighted by Gasteiger charge is -2.35. The Hall–Kier alpha value is -0.290. The second kappa shape index (κ2) is 6.68. The van der Waals surface area contributed by atoms with E-state index in [1.165, 1.54) is 12.8 Å². The topological polar surface area (TPSA) is 38.8 Å². The van der Waals surface area contributed by atoms with Crippen LogP contribution in [0.2, 0.25) is 0 Å². The van der Waals surface area contributed by atoms with E-state index in [0.717, 1.165) is 12.8 Å². The monoisotopic (exact) mass is 375 g/mol. The highest BCUT2D eigenvalue weighted by Crippen LogP contribution is 2.37. The molecular weight excluding hydrogens is 346 g/mol. The van der Waals surface area contributed by atoms with E-state index < -0.39 is 5.60 Å². The molecule has 1 saturated carbocycles. The molecular formula is C17H30BrNO3. The highest BCUT2D eigenvalue weighted by Gasteiger charge is 2.38. The van der Waals surface area contributed by atoms with Crippen LogP contribution in [0.1, 0.15) is 60.3 Å².